The van der Waals surface area contributed by atoms with Gasteiger partial charge in [0.05, 0.1) is 17.4 Å². The summed E-state index contributed by atoms with van der Waals surface area (Å²) in [5, 5.41) is 17.1. The molecule has 0 aliphatic carbocycles. The van der Waals surface area contributed by atoms with Crippen molar-refractivity contribution in [2.24, 2.45) is 0 Å². The Morgan fingerprint density at radius 2 is 2.00 bits per heavy atom. The fourth-order valence-corrected chi connectivity index (χ4v) is 2.30. The molecular formula is C15H24N2O2. The number of nitrogens with one attached hydrogen (secondary N) is 2. The number of benzene rings is 1. The second kappa shape index (κ2) is 6.26. The van der Waals surface area contributed by atoms with E-state index in [4.69, 9.17) is 4.74 Å². The van der Waals surface area contributed by atoms with Crippen LogP contribution in [-0.2, 0) is 0 Å². The lowest BCUT2D eigenvalue weighted by atomic mass is 9.92. The maximum absolute atomic E-state index is 10.5. The minimum atomic E-state index is -0.615. The van der Waals surface area contributed by atoms with Gasteiger partial charge in [0.2, 0.25) is 0 Å². The molecule has 4 heteroatoms. The molecule has 2 rings (SSSR count). The summed E-state index contributed by atoms with van der Waals surface area (Å²) >= 11 is 0. The number of hydrogen-bond acceptors (Lipinski definition) is 4. The lowest BCUT2D eigenvalue weighted by Crippen LogP contribution is -2.46. The third-order valence-electron chi connectivity index (χ3n) is 3.39. The first-order chi connectivity index (χ1) is 9.09. The lowest BCUT2D eigenvalue weighted by Gasteiger charge is -2.33. The van der Waals surface area contributed by atoms with Crippen LogP contribution in [0.4, 0.5) is 5.69 Å². The Hall–Kier alpha value is -1.26. The molecule has 106 valence electrons. The van der Waals surface area contributed by atoms with Gasteiger partial charge in [-0.05, 0) is 51.9 Å². The highest BCUT2D eigenvalue weighted by molar-refractivity contribution is 5.56. The van der Waals surface area contributed by atoms with E-state index in [-0.39, 0.29) is 6.10 Å². The highest BCUT2D eigenvalue weighted by atomic mass is 16.5. The van der Waals surface area contributed by atoms with Gasteiger partial charge in [-0.1, -0.05) is 12.1 Å². The van der Waals surface area contributed by atoms with Crippen LogP contribution in [0, 0.1) is 0 Å². The van der Waals surface area contributed by atoms with E-state index in [1.165, 1.54) is 0 Å². The number of piperidine rings is 1. The van der Waals surface area contributed by atoms with E-state index in [2.05, 4.69) is 10.6 Å². The molecule has 1 aliphatic heterocycles. The zero-order chi connectivity index (χ0) is 13.7. The van der Waals surface area contributed by atoms with Crippen LogP contribution in [0.2, 0.25) is 0 Å². The molecule has 0 amide bonds. The van der Waals surface area contributed by atoms with Gasteiger partial charge in [0, 0.05) is 6.54 Å². The van der Waals surface area contributed by atoms with Crippen molar-refractivity contribution in [3.05, 3.63) is 24.3 Å². The van der Waals surface area contributed by atoms with Crippen molar-refractivity contribution in [3.8, 4) is 5.75 Å². The van der Waals surface area contributed by atoms with E-state index >= 15 is 0 Å². The molecule has 0 aromatic heterocycles. The fourth-order valence-electron chi connectivity index (χ4n) is 2.30. The molecule has 0 spiro atoms. The van der Waals surface area contributed by atoms with Gasteiger partial charge in [-0.15, -0.1) is 0 Å². The summed E-state index contributed by atoms with van der Waals surface area (Å²) in [4.78, 5) is 0. The summed E-state index contributed by atoms with van der Waals surface area (Å²) in [6, 6.07) is 7.88. The Balaban J connectivity index is 1.98. The van der Waals surface area contributed by atoms with E-state index in [0.717, 1.165) is 37.4 Å². The zero-order valence-corrected chi connectivity index (χ0v) is 11.8. The van der Waals surface area contributed by atoms with Gasteiger partial charge in [0.25, 0.3) is 0 Å². The second-order valence-corrected chi connectivity index (χ2v) is 5.49. The summed E-state index contributed by atoms with van der Waals surface area (Å²) in [5.41, 5.74) is 0.332. The predicted octanol–water partition coefficient (Wildman–Crippen LogP) is 2.00. The number of anilines is 1. The van der Waals surface area contributed by atoms with Crippen molar-refractivity contribution in [3.63, 3.8) is 0 Å². The molecule has 1 saturated heterocycles. The van der Waals surface area contributed by atoms with Crippen molar-refractivity contribution in [1.82, 2.24) is 5.32 Å². The molecule has 0 bridgehead atoms. The smallest absolute Gasteiger partial charge is 0.142 e. The molecule has 0 saturated carbocycles. The Morgan fingerprint density at radius 3 is 2.68 bits per heavy atom. The largest absolute Gasteiger partial charge is 0.489 e. The number of aliphatic hydroxyl groups is 1. The van der Waals surface area contributed by atoms with Crippen molar-refractivity contribution in [2.75, 3.05) is 25.0 Å². The molecule has 1 aromatic rings. The molecule has 0 atom stereocenters. The standard InChI is InChI=1S/C15H24N2O2/c1-12(2)19-14-6-4-3-5-13(14)17-11-15(18)7-9-16-10-8-15/h3-6,12,16-18H,7-11H2,1-2H3. The average molecular weight is 264 g/mol. The van der Waals surface area contributed by atoms with E-state index in [1.54, 1.807) is 0 Å². The molecule has 0 radical (unpaired) electrons. The van der Waals surface area contributed by atoms with Gasteiger partial charge >= 0.3 is 0 Å². The molecule has 4 nitrogen and oxygen atoms in total. The van der Waals surface area contributed by atoms with Crippen LogP contribution in [-0.4, -0.2) is 36.4 Å². The number of para-hydroxylation sites is 2. The highest BCUT2D eigenvalue weighted by Crippen LogP contribution is 2.26. The topological polar surface area (TPSA) is 53.5 Å². The van der Waals surface area contributed by atoms with E-state index in [0.29, 0.717) is 6.54 Å². The molecule has 1 heterocycles. The van der Waals surface area contributed by atoms with Gasteiger partial charge in [-0.3, -0.25) is 0 Å². The molecule has 1 aliphatic rings. The first-order valence-corrected chi connectivity index (χ1v) is 7.02. The normalized spacial score (nSPS) is 18.3. The maximum atomic E-state index is 10.5. The van der Waals surface area contributed by atoms with Gasteiger partial charge in [0.1, 0.15) is 5.75 Å². The van der Waals surface area contributed by atoms with Crippen molar-refractivity contribution < 1.29 is 9.84 Å². The van der Waals surface area contributed by atoms with E-state index in [9.17, 15) is 5.11 Å². The lowest BCUT2D eigenvalue weighted by molar-refractivity contribution is 0.0232. The molecule has 19 heavy (non-hydrogen) atoms. The monoisotopic (exact) mass is 264 g/mol. The highest BCUT2D eigenvalue weighted by Gasteiger charge is 2.28. The molecule has 0 unspecified atom stereocenters. The first-order valence-electron chi connectivity index (χ1n) is 7.02. The van der Waals surface area contributed by atoms with Gasteiger partial charge in [-0.25, -0.2) is 0 Å². The summed E-state index contributed by atoms with van der Waals surface area (Å²) in [5.74, 6) is 0.843. The molecule has 3 N–H and O–H groups in total. The number of rotatable bonds is 5. The van der Waals surface area contributed by atoms with Crippen LogP contribution in [0.25, 0.3) is 0 Å². The van der Waals surface area contributed by atoms with Crippen LogP contribution >= 0.6 is 0 Å². The third-order valence-corrected chi connectivity index (χ3v) is 3.39. The van der Waals surface area contributed by atoms with Crippen molar-refractivity contribution >= 4 is 5.69 Å². The summed E-state index contributed by atoms with van der Waals surface area (Å²) < 4.78 is 5.76. The predicted molar refractivity (Wildman–Crippen MR) is 77.7 cm³/mol. The zero-order valence-electron chi connectivity index (χ0n) is 11.8. The van der Waals surface area contributed by atoms with Crippen LogP contribution in [0.5, 0.6) is 5.75 Å². The second-order valence-electron chi connectivity index (χ2n) is 5.49. The summed E-state index contributed by atoms with van der Waals surface area (Å²) in [6.45, 7) is 6.34. The van der Waals surface area contributed by atoms with E-state index in [1.807, 2.05) is 38.1 Å². The Labute approximate surface area is 115 Å². The Morgan fingerprint density at radius 1 is 1.32 bits per heavy atom. The fraction of sp³-hybridized carbons (Fsp3) is 0.600. The van der Waals surface area contributed by atoms with Crippen LogP contribution in [0.15, 0.2) is 24.3 Å². The molecule has 1 fully saturated rings. The third kappa shape index (κ3) is 4.11. The van der Waals surface area contributed by atoms with Crippen LogP contribution in [0.3, 0.4) is 0 Å². The van der Waals surface area contributed by atoms with Crippen LogP contribution in [0.1, 0.15) is 26.7 Å². The Kier molecular flexibility index (Phi) is 4.66. The Bertz CT molecular complexity index is 401. The number of hydrogen-bond donors (Lipinski definition) is 3. The van der Waals surface area contributed by atoms with Gasteiger partial charge < -0.3 is 20.5 Å². The van der Waals surface area contributed by atoms with Gasteiger partial charge in [0.15, 0.2) is 0 Å². The summed E-state index contributed by atoms with van der Waals surface area (Å²) in [7, 11) is 0. The minimum Gasteiger partial charge on any atom is -0.489 e. The average Bonchev–Trinajstić information content (AvgIpc) is 2.38. The van der Waals surface area contributed by atoms with Crippen molar-refractivity contribution in [2.45, 2.75) is 38.4 Å². The first kappa shape index (κ1) is 14.2. The van der Waals surface area contributed by atoms with Crippen LogP contribution < -0.4 is 15.4 Å². The number of ether oxygens (including phenoxy) is 1. The SMILES string of the molecule is CC(C)Oc1ccccc1NCC1(O)CCNCC1. The molecule has 1 aromatic carbocycles. The van der Waals surface area contributed by atoms with Gasteiger partial charge in [-0.2, -0.15) is 0 Å². The van der Waals surface area contributed by atoms with E-state index < -0.39 is 5.60 Å². The maximum Gasteiger partial charge on any atom is 0.142 e. The molecular weight excluding hydrogens is 240 g/mol. The summed E-state index contributed by atoms with van der Waals surface area (Å²) in [6.07, 6.45) is 1.71. The minimum absolute atomic E-state index is 0.143. The quantitative estimate of drug-likeness (QED) is 0.761. The van der Waals surface area contributed by atoms with Crippen molar-refractivity contribution in [1.29, 1.82) is 0 Å².